The van der Waals surface area contributed by atoms with E-state index in [1.807, 2.05) is 11.0 Å². The highest BCUT2D eigenvalue weighted by Crippen LogP contribution is 2.38. The maximum absolute atomic E-state index is 12.9. The van der Waals surface area contributed by atoms with Crippen molar-refractivity contribution in [1.29, 1.82) is 0 Å². The van der Waals surface area contributed by atoms with Gasteiger partial charge in [-0.3, -0.25) is 4.79 Å². The minimum absolute atomic E-state index is 0.0429. The highest BCUT2D eigenvalue weighted by Gasteiger charge is 2.37. The summed E-state index contributed by atoms with van der Waals surface area (Å²) in [5.41, 5.74) is 1.87. The number of nitrogens with one attached hydrogen (secondary N) is 1. The van der Waals surface area contributed by atoms with Crippen LogP contribution in [-0.4, -0.2) is 26.4 Å². The van der Waals surface area contributed by atoms with E-state index < -0.39 is 10.0 Å². The second kappa shape index (κ2) is 7.55. The second-order valence-electron chi connectivity index (χ2n) is 8.49. The minimum atomic E-state index is -3.52. The van der Waals surface area contributed by atoms with Crippen molar-refractivity contribution in [3.05, 3.63) is 23.8 Å². The molecule has 2 aliphatic carbocycles. The molecule has 0 unspecified atom stereocenters. The van der Waals surface area contributed by atoms with Crippen molar-refractivity contribution in [1.82, 2.24) is 4.72 Å². The van der Waals surface area contributed by atoms with Crippen LogP contribution in [-0.2, 0) is 21.2 Å². The first-order chi connectivity index (χ1) is 13.0. The molecule has 3 aliphatic rings. The van der Waals surface area contributed by atoms with Gasteiger partial charge in [0, 0.05) is 23.7 Å². The van der Waals surface area contributed by atoms with Crippen molar-refractivity contribution in [2.75, 3.05) is 4.90 Å². The van der Waals surface area contributed by atoms with Gasteiger partial charge >= 0.3 is 0 Å². The highest BCUT2D eigenvalue weighted by atomic mass is 32.2. The third-order valence-corrected chi connectivity index (χ3v) is 7.96. The summed E-state index contributed by atoms with van der Waals surface area (Å²) in [7, 11) is -3.52. The lowest BCUT2D eigenvalue weighted by Gasteiger charge is -2.32. The number of benzene rings is 1. The zero-order valence-electron chi connectivity index (χ0n) is 16.1. The molecule has 0 bridgehead atoms. The summed E-state index contributed by atoms with van der Waals surface area (Å²) in [4.78, 5) is 15.0. The number of hydrogen-bond acceptors (Lipinski definition) is 3. The number of fused-ring (bicyclic) bond motifs is 1. The number of anilines is 1. The molecule has 2 saturated carbocycles. The third-order valence-electron chi connectivity index (χ3n) is 6.45. The molecule has 2 fully saturated rings. The molecule has 0 saturated heterocycles. The van der Waals surface area contributed by atoms with Crippen LogP contribution < -0.4 is 9.62 Å². The first-order valence-corrected chi connectivity index (χ1v) is 11.9. The van der Waals surface area contributed by atoms with Crippen LogP contribution in [0, 0.1) is 5.92 Å². The van der Waals surface area contributed by atoms with Gasteiger partial charge in [-0.25, -0.2) is 13.1 Å². The molecule has 0 spiro atoms. The second-order valence-corrected chi connectivity index (χ2v) is 10.2. The molecule has 1 aromatic rings. The monoisotopic (exact) mass is 390 g/mol. The van der Waals surface area contributed by atoms with E-state index in [0.29, 0.717) is 4.90 Å². The number of nitrogens with zero attached hydrogens (tertiary/aromatic N) is 1. The molecule has 1 amide bonds. The zero-order chi connectivity index (χ0) is 19.0. The zero-order valence-corrected chi connectivity index (χ0v) is 16.9. The summed E-state index contributed by atoms with van der Waals surface area (Å²) < 4.78 is 28.7. The average molecular weight is 391 g/mol. The molecular formula is C21H30N2O3S. The van der Waals surface area contributed by atoms with Crippen LogP contribution in [0.1, 0.15) is 70.3 Å². The van der Waals surface area contributed by atoms with Crippen LogP contribution in [0.5, 0.6) is 0 Å². The van der Waals surface area contributed by atoms with E-state index >= 15 is 0 Å². The molecule has 1 aromatic carbocycles. The van der Waals surface area contributed by atoms with E-state index in [2.05, 4.69) is 11.6 Å². The molecule has 1 heterocycles. The maximum Gasteiger partial charge on any atom is 0.240 e. The van der Waals surface area contributed by atoms with Gasteiger partial charge in [0.15, 0.2) is 0 Å². The summed E-state index contributed by atoms with van der Waals surface area (Å²) in [6.45, 7) is 2.05. The van der Waals surface area contributed by atoms with Gasteiger partial charge in [-0.05, 0) is 62.8 Å². The van der Waals surface area contributed by atoms with Crippen molar-refractivity contribution in [3.63, 3.8) is 0 Å². The van der Waals surface area contributed by atoms with Crippen molar-refractivity contribution >= 4 is 21.6 Å². The lowest BCUT2D eigenvalue weighted by Crippen LogP contribution is -2.42. The number of amides is 1. The molecule has 0 radical (unpaired) electrons. The van der Waals surface area contributed by atoms with E-state index in [0.717, 1.165) is 62.6 Å². The quantitative estimate of drug-likeness (QED) is 0.796. The van der Waals surface area contributed by atoms with E-state index in [1.54, 1.807) is 12.1 Å². The lowest BCUT2D eigenvalue weighted by molar-refractivity contribution is -0.125. The summed E-state index contributed by atoms with van der Waals surface area (Å²) >= 11 is 0. The first kappa shape index (κ1) is 18.9. The van der Waals surface area contributed by atoms with Gasteiger partial charge in [0.05, 0.1) is 4.90 Å². The van der Waals surface area contributed by atoms with Crippen LogP contribution >= 0.6 is 0 Å². The molecule has 4 rings (SSSR count). The summed E-state index contributed by atoms with van der Waals surface area (Å²) in [6.07, 6.45) is 10.2. The standard InChI is InChI=1S/C21H30N2O3S/c1-15-13-17-14-19(27(25,26)22-18-9-4-2-3-5-10-18)11-12-20(17)23(15)21(24)16-7-6-8-16/h11-12,14-16,18,22H,2-10,13H2,1H3/t15-/m0/s1. The fourth-order valence-electron chi connectivity index (χ4n) is 4.65. The number of sulfonamides is 1. The van der Waals surface area contributed by atoms with Crippen molar-refractivity contribution in [2.45, 2.75) is 88.1 Å². The summed E-state index contributed by atoms with van der Waals surface area (Å²) in [5, 5.41) is 0. The topological polar surface area (TPSA) is 66.5 Å². The van der Waals surface area contributed by atoms with Crippen molar-refractivity contribution < 1.29 is 13.2 Å². The average Bonchev–Trinajstić information content (AvgIpc) is 2.72. The molecule has 1 N–H and O–H groups in total. The predicted octanol–water partition coefficient (Wildman–Crippen LogP) is 3.77. The van der Waals surface area contributed by atoms with Gasteiger partial charge < -0.3 is 4.90 Å². The largest absolute Gasteiger partial charge is 0.309 e. The minimum Gasteiger partial charge on any atom is -0.309 e. The number of carbonyl (C=O) groups excluding carboxylic acids is 1. The molecule has 6 heteroatoms. The van der Waals surface area contributed by atoms with Gasteiger partial charge in [-0.2, -0.15) is 0 Å². The van der Waals surface area contributed by atoms with E-state index in [9.17, 15) is 13.2 Å². The fourth-order valence-corrected chi connectivity index (χ4v) is 6.00. The Morgan fingerprint density at radius 1 is 1.04 bits per heavy atom. The maximum atomic E-state index is 12.9. The summed E-state index contributed by atoms with van der Waals surface area (Å²) in [5.74, 6) is 0.360. The van der Waals surface area contributed by atoms with Crippen LogP contribution in [0.3, 0.4) is 0 Å². The van der Waals surface area contributed by atoms with Gasteiger partial charge in [-0.1, -0.05) is 32.1 Å². The Morgan fingerprint density at radius 2 is 1.74 bits per heavy atom. The molecule has 148 valence electrons. The Labute approximate surface area is 162 Å². The number of rotatable bonds is 4. The van der Waals surface area contributed by atoms with Crippen LogP contribution in [0.15, 0.2) is 23.1 Å². The van der Waals surface area contributed by atoms with Crippen molar-refractivity contribution in [3.8, 4) is 0 Å². The summed E-state index contributed by atoms with van der Waals surface area (Å²) in [6, 6.07) is 5.41. The van der Waals surface area contributed by atoms with Crippen LogP contribution in [0.2, 0.25) is 0 Å². The molecule has 1 atom stereocenters. The van der Waals surface area contributed by atoms with Crippen LogP contribution in [0.25, 0.3) is 0 Å². The van der Waals surface area contributed by atoms with E-state index in [-0.39, 0.29) is 23.9 Å². The molecule has 0 aromatic heterocycles. The van der Waals surface area contributed by atoms with Gasteiger partial charge in [0.1, 0.15) is 0 Å². The molecular weight excluding hydrogens is 360 g/mol. The Bertz CT molecular complexity index is 809. The van der Waals surface area contributed by atoms with E-state index in [1.165, 1.54) is 12.8 Å². The lowest BCUT2D eigenvalue weighted by atomic mass is 9.84. The number of carbonyl (C=O) groups is 1. The predicted molar refractivity (Wildman–Crippen MR) is 106 cm³/mol. The Kier molecular flexibility index (Phi) is 5.30. The Balaban J connectivity index is 1.54. The normalized spacial score (nSPS) is 24.3. The fraction of sp³-hybridized carbons (Fsp3) is 0.667. The molecule has 5 nitrogen and oxygen atoms in total. The van der Waals surface area contributed by atoms with Gasteiger partial charge in [0.2, 0.25) is 15.9 Å². The van der Waals surface area contributed by atoms with E-state index in [4.69, 9.17) is 0 Å². The van der Waals surface area contributed by atoms with Crippen molar-refractivity contribution in [2.24, 2.45) is 5.92 Å². The van der Waals surface area contributed by atoms with Crippen LogP contribution in [0.4, 0.5) is 5.69 Å². The van der Waals surface area contributed by atoms with Gasteiger partial charge in [0.25, 0.3) is 0 Å². The SMILES string of the molecule is C[C@H]1Cc2cc(S(=O)(=O)NC3CCCCCC3)ccc2N1C(=O)C1CCC1. The number of hydrogen-bond donors (Lipinski definition) is 1. The smallest absolute Gasteiger partial charge is 0.240 e. The third kappa shape index (κ3) is 3.79. The van der Waals surface area contributed by atoms with Gasteiger partial charge in [-0.15, -0.1) is 0 Å². The Morgan fingerprint density at radius 3 is 2.37 bits per heavy atom. The highest BCUT2D eigenvalue weighted by molar-refractivity contribution is 7.89. The Hall–Kier alpha value is -1.40. The first-order valence-electron chi connectivity index (χ1n) is 10.4. The molecule has 1 aliphatic heterocycles. The molecule has 27 heavy (non-hydrogen) atoms.